The van der Waals surface area contributed by atoms with Crippen molar-refractivity contribution < 1.29 is 4.74 Å². The SMILES string of the molecule is CNCC1COCCN1c1cc(C(C)C)ncn1. The summed E-state index contributed by atoms with van der Waals surface area (Å²) in [6, 6.07) is 2.44. The van der Waals surface area contributed by atoms with Gasteiger partial charge in [-0.3, -0.25) is 0 Å². The minimum Gasteiger partial charge on any atom is -0.377 e. The normalized spacial score (nSPS) is 20.4. The molecule has 0 aromatic carbocycles. The molecule has 0 bridgehead atoms. The molecule has 2 rings (SSSR count). The summed E-state index contributed by atoms with van der Waals surface area (Å²) in [5.74, 6) is 1.44. The van der Waals surface area contributed by atoms with E-state index in [1.54, 1.807) is 6.33 Å². The summed E-state index contributed by atoms with van der Waals surface area (Å²) in [6.45, 7) is 7.61. The van der Waals surface area contributed by atoms with E-state index in [9.17, 15) is 0 Å². The Kier molecular flexibility index (Phi) is 4.49. The summed E-state index contributed by atoms with van der Waals surface area (Å²) in [6.07, 6.45) is 1.66. The average Bonchev–Trinajstić information content (AvgIpc) is 2.40. The van der Waals surface area contributed by atoms with Crippen LogP contribution in [0.2, 0.25) is 0 Å². The van der Waals surface area contributed by atoms with Gasteiger partial charge in [0.25, 0.3) is 0 Å². The average molecular weight is 250 g/mol. The molecule has 0 aliphatic carbocycles. The third kappa shape index (κ3) is 2.97. The van der Waals surface area contributed by atoms with Gasteiger partial charge in [0.1, 0.15) is 12.1 Å². The van der Waals surface area contributed by atoms with Crippen LogP contribution in [0.3, 0.4) is 0 Å². The van der Waals surface area contributed by atoms with Crippen LogP contribution in [0.15, 0.2) is 12.4 Å². The van der Waals surface area contributed by atoms with Crippen LogP contribution < -0.4 is 10.2 Å². The van der Waals surface area contributed by atoms with Gasteiger partial charge in [0.05, 0.1) is 19.3 Å². The smallest absolute Gasteiger partial charge is 0.132 e. The molecule has 1 aliphatic heterocycles. The molecule has 1 aliphatic rings. The van der Waals surface area contributed by atoms with Crippen LogP contribution in [-0.2, 0) is 4.74 Å². The Morgan fingerprint density at radius 1 is 1.50 bits per heavy atom. The molecule has 0 saturated carbocycles. The molecular formula is C13H22N4O. The van der Waals surface area contributed by atoms with Crippen molar-refractivity contribution in [2.75, 3.05) is 38.3 Å². The number of hydrogen-bond acceptors (Lipinski definition) is 5. The lowest BCUT2D eigenvalue weighted by atomic mass is 10.1. The molecule has 1 aromatic rings. The Labute approximate surface area is 109 Å². The van der Waals surface area contributed by atoms with Gasteiger partial charge in [0, 0.05) is 24.8 Å². The summed E-state index contributed by atoms with van der Waals surface area (Å²) in [7, 11) is 1.96. The molecule has 0 spiro atoms. The molecule has 5 nitrogen and oxygen atoms in total. The Bertz CT molecular complexity index is 381. The first-order valence-electron chi connectivity index (χ1n) is 6.53. The zero-order valence-electron chi connectivity index (χ0n) is 11.4. The largest absolute Gasteiger partial charge is 0.377 e. The summed E-state index contributed by atoms with van der Waals surface area (Å²) in [4.78, 5) is 11.0. The molecule has 0 radical (unpaired) electrons. The second kappa shape index (κ2) is 6.11. The van der Waals surface area contributed by atoms with Crippen molar-refractivity contribution in [2.24, 2.45) is 0 Å². The van der Waals surface area contributed by atoms with Gasteiger partial charge in [-0.05, 0) is 13.0 Å². The number of nitrogens with zero attached hydrogens (tertiary/aromatic N) is 3. The number of hydrogen-bond donors (Lipinski definition) is 1. The van der Waals surface area contributed by atoms with Crippen LogP contribution in [0.25, 0.3) is 0 Å². The molecule has 1 aromatic heterocycles. The maximum absolute atomic E-state index is 5.54. The first-order chi connectivity index (χ1) is 8.72. The lowest BCUT2D eigenvalue weighted by Crippen LogP contribution is -2.50. The molecule has 1 unspecified atom stereocenters. The van der Waals surface area contributed by atoms with E-state index in [0.717, 1.165) is 37.8 Å². The van der Waals surface area contributed by atoms with Crippen molar-refractivity contribution in [3.63, 3.8) is 0 Å². The van der Waals surface area contributed by atoms with Crippen molar-refractivity contribution in [1.29, 1.82) is 0 Å². The van der Waals surface area contributed by atoms with Gasteiger partial charge < -0.3 is 15.0 Å². The first kappa shape index (κ1) is 13.2. The van der Waals surface area contributed by atoms with Crippen LogP contribution in [0.4, 0.5) is 5.82 Å². The highest BCUT2D eigenvalue weighted by atomic mass is 16.5. The second-order valence-corrected chi connectivity index (χ2v) is 4.94. The highest BCUT2D eigenvalue weighted by Gasteiger charge is 2.24. The van der Waals surface area contributed by atoms with E-state index < -0.39 is 0 Å². The fourth-order valence-corrected chi connectivity index (χ4v) is 2.20. The second-order valence-electron chi connectivity index (χ2n) is 4.94. The number of aromatic nitrogens is 2. The van der Waals surface area contributed by atoms with Crippen LogP contribution >= 0.6 is 0 Å². The molecular weight excluding hydrogens is 228 g/mol. The van der Waals surface area contributed by atoms with Gasteiger partial charge in [0.15, 0.2) is 0 Å². The van der Waals surface area contributed by atoms with E-state index in [-0.39, 0.29) is 0 Å². The van der Waals surface area contributed by atoms with Crippen molar-refractivity contribution in [1.82, 2.24) is 15.3 Å². The standard InChI is InChI=1S/C13H22N4O/c1-10(2)12-6-13(16-9-15-12)17-4-5-18-8-11(17)7-14-3/h6,9-11,14H,4-5,7-8H2,1-3H3. The zero-order chi connectivity index (χ0) is 13.0. The molecule has 2 heterocycles. The maximum Gasteiger partial charge on any atom is 0.132 e. The van der Waals surface area contributed by atoms with Crippen LogP contribution in [0, 0.1) is 0 Å². The summed E-state index contributed by atoms with van der Waals surface area (Å²) < 4.78 is 5.54. The third-order valence-corrected chi connectivity index (χ3v) is 3.23. The van der Waals surface area contributed by atoms with E-state index in [1.165, 1.54) is 0 Å². The topological polar surface area (TPSA) is 50.3 Å². The first-order valence-corrected chi connectivity index (χ1v) is 6.53. The lowest BCUT2D eigenvalue weighted by molar-refractivity contribution is 0.0939. The quantitative estimate of drug-likeness (QED) is 0.865. The fourth-order valence-electron chi connectivity index (χ4n) is 2.20. The number of ether oxygens (including phenoxy) is 1. The minimum absolute atomic E-state index is 0.346. The monoisotopic (exact) mass is 250 g/mol. The molecule has 100 valence electrons. The Hall–Kier alpha value is -1.20. The van der Waals surface area contributed by atoms with E-state index in [2.05, 4.69) is 40.1 Å². The molecule has 1 N–H and O–H groups in total. The molecule has 5 heteroatoms. The van der Waals surface area contributed by atoms with E-state index in [1.807, 2.05) is 7.05 Å². The van der Waals surface area contributed by atoms with Crippen LogP contribution in [-0.4, -0.2) is 49.4 Å². The minimum atomic E-state index is 0.346. The van der Waals surface area contributed by atoms with E-state index >= 15 is 0 Å². The predicted octanol–water partition coefficient (Wildman–Crippen LogP) is 1.02. The van der Waals surface area contributed by atoms with Gasteiger partial charge >= 0.3 is 0 Å². The Balaban J connectivity index is 2.19. The van der Waals surface area contributed by atoms with Gasteiger partial charge in [0.2, 0.25) is 0 Å². The van der Waals surface area contributed by atoms with Crippen LogP contribution in [0.5, 0.6) is 0 Å². The number of nitrogens with one attached hydrogen (secondary N) is 1. The van der Waals surface area contributed by atoms with Crippen LogP contribution in [0.1, 0.15) is 25.5 Å². The van der Waals surface area contributed by atoms with E-state index in [0.29, 0.717) is 12.0 Å². The summed E-state index contributed by atoms with van der Waals surface area (Å²) in [5.41, 5.74) is 1.09. The van der Waals surface area contributed by atoms with E-state index in [4.69, 9.17) is 4.74 Å². The van der Waals surface area contributed by atoms with Crippen molar-refractivity contribution in [2.45, 2.75) is 25.8 Å². The maximum atomic E-state index is 5.54. The molecule has 0 amide bonds. The highest BCUT2D eigenvalue weighted by Crippen LogP contribution is 2.20. The van der Waals surface area contributed by atoms with Crippen molar-refractivity contribution in [3.05, 3.63) is 18.1 Å². The lowest BCUT2D eigenvalue weighted by Gasteiger charge is -2.36. The number of rotatable bonds is 4. The predicted molar refractivity (Wildman–Crippen MR) is 72.0 cm³/mol. The summed E-state index contributed by atoms with van der Waals surface area (Å²) >= 11 is 0. The van der Waals surface area contributed by atoms with Gasteiger partial charge in [-0.2, -0.15) is 0 Å². The molecule has 18 heavy (non-hydrogen) atoms. The van der Waals surface area contributed by atoms with Crippen molar-refractivity contribution >= 4 is 5.82 Å². The molecule has 1 saturated heterocycles. The zero-order valence-corrected chi connectivity index (χ0v) is 11.4. The summed E-state index contributed by atoms with van der Waals surface area (Å²) in [5, 5.41) is 3.21. The highest BCUT2D eigenvalue weighted by molar-refractivity contribution is 5.41. The third-order valence-electron chi connectivity index (χ3n) is 3.23. The number of morpholine rings is 1. The Morgan fingerprint density at radius 2 is 2.33 bits per heavy atom. The van der Waals surface area contributed by atoms with Gasteiger partial charge in [-0.15, -0.1) is 0 Å². The molecule has 1 atom stereocenters. The Morgan fingerprint density at radius 3 is 3.06 bits per heavy atom. The number of anilines is 1. The molecule has 1 fully saturated rings. The van der Waals surface area contributed by atoms with Crippen molar-refractivity contribution in [3.8, 4) is 0 Å². The van der Waals surface area contributed by atoms with Gasteiger partial charge in [-0.1, -0.05) is 13.8 Å². The fraction of sp³-hybridized carbons (Fsp3) is 0.692. The van der Waals surface area contributed by atoms with Gasteiger partial charge in [-0.25, -0.2) is 9.97 Å². The number of likely N-dealkylation sites (N-methyl/N-ethyl adjacent to an activating group) is 1.